The lowest BCUT2D eigenvalue weighted by Gasteiger charge is -2.12. The Balaban J connectivity index is 1.70. The molecule has 0 saturated carbocycles. The molecule has 0 bridgehead atoms. The lowest BCUT2D eigenvalue weighted by molar-refractivity contribution is -0.118. The number of fused-ring (bicyclic) bond motifs is 1. The number of rotatable bonds is 5. The van der Waals surface area contributed by atoms with E-state index in [9.17, 15) is 9.59 Å². The minimum atomic E-state index is -0.465. The highest BCUT2D eigenvalue weighted by Crippen LogP contribution is 2.32. The first-order valence-corrected chi connectivity index (χ1v) is 9.61. The van der Waals surface area contributed by atoms with Gasteiger partial charge in [-0.1, -0.05) is 23.7 Å². The van der Waals surface area contributed by atoms with Crippen LogP contribution in [-0.2, 0) is 4.79 Å². The normalized spacial score (nSPS) is 10.9. The lowest BCUT2D eigenvalue weighted by Crippen LogP contribution is -2.22. The van der Waals surface area contributed by atoms with Gasteiger partial charge in [0.1, 0.15) is 5.58 Å². The Morgan fingerprint density at radius 1 is 1.10 bits per heavy atom. The van der Waals surface area contributed by atoms with Crippen molar-refractivity contribution in [2.75, 3.05) is 11.9 Å². The fraction of sp³-hybridized carbons (Fsp3) is 0.130. The highest BCUT2D eigenvalue weighted by Gasteiger charge is 2.21. The van der Waals surface area contributed by atoms with Gasteiger partial charge in [0.2, 0.25) is 16.9 Å². The molecule has 1 N–H and O–H groups in total. The van der Waals surface area contributed by atoms with Crippen molar-refractivity contribution in [3.05, 3.63) is 81.2 Å². The molecule has 0 aliphatic rings. The van der Waals surface area contributed by atoms with Crippen LogP contribution >= 0.6 is 11.6 Å². The van der Waals surface area contributed by atoms with E-state index in [1.807, 2.05) is 13.8 Å². The van der Waals surface area contributed by atoms with Gasteiger partial charge in [-0.25, -0.2) is 0 Å². The number of hydrogen-bond acceptors (Lipinski definition) is 5. The van der Waals surface area contributed by atoms with Gasteiger partial charge in [-0.05, 0) is 61.4 Å². The second-order valence-corrected chi connectivity index (χ2v) is 7.22. The van der Waals surface area contributed by atoms with Crippen molar-refractivity contribution >= 4 is 34.2 Å². The van der Waals surface area contributed by atoms with Crippen molar-refractivity contribution in [1.82, 2.24) is 0 Å². The van der Waals surface area contributed by atoms with Gasteiger partial charge >= 0.3 is 0 Å². The van der Waals surface area contributed by atoms with E-state index in [2.05, 4.69) is 5.32 Å². The molecule has 0 fully saturated rings. The molecule has 7 heteroatoms. The van der Waals surface area contributed by atoms with Crippen molar-refractivity contribution in [2.45, 2.75) is 13.8 Å². The molecular weight excluding hydrogens is 406 g/mol. The molecule has 6 nitrogen and oxygen atoms in total. The zero-order valence-corrected chi connectivity index (χ0v) is 17.1. The summed E-state index contributed by atoms with van der Waals surface area (Å²) in [5, 5.41) is 3.43. The molecule has 0 spiro atoms. The summed E-state index contributed by atoms with van der Waals surface area (Å²) in [7, 11) is 0. The van der Waals surface area contributed by atoms with Crippen LogP contribution in [0.3, 0.4) is 0 Å². The Bertz CT molecular complexity index is 1290. The largest absolute Gasteiger partial charge is 0.476 e. The first-order valence-electron chi connectivity index (χ1n) is 9.23. The minimum absolute atomic E-state index is 0.0880. The number of amides is 1. The summed E-state index contributed by atoms with van der Waals surface area (Å²) in [5.74, 6) is -0.0943. The lowest BCUT2D eigenvalue weighted by atomic mass is 10.1. The van der Waals surface area contributed by atoms with Crippen molar-refractivity contribution in [2.24, 2.45) is 0 Å². The fourth-order valence-corrected chi connectivity index (χ4v) is 3.20. The molecule has 4 aromatic rings. The highest BCUT2D eigenvalue weighted by atomic mass is 35.5. The summed E-state index contributed by atoms with van der Waals surface area (Å²) >= 11 is 6.06. The fourth-order valence-electron chi connectivity index (χ4n) is 3.02. The summed E-state index contributed by atoms with van der Waals surface area (Å²) < 4.78 is 17.0. The maximum atomic E-state index is 13.2. The highest BCUT2D eigenvalue weighted by molar-refractivity contribution is 6.33. The van der Waals surface area contributed by atoms with Gasteiger partial charge in [0, 0.05) is 0 Å². The van der Waals surface area contributed by atoms with Crippen LogP contribution < -0.4 is 15.5 Å². The van der Waals surface area contributed by atoms with Gasteiger partial charge in [-0.15, -0.1) is 0 Å². The zero-order valence-electron chi connectivity index (χ0n) is 16.3. The monoisotopic (exact) mass is 423 g/mol. The Labute approximate surface area is 177 Å². The van der Waals surface area contributed by atoms with E-state index in [4.69, 9.17) is 25.2 Å². The number of anilines is 1. The topological polar surface area (TPSA) is 81.7 Å². The van der Waals surface area contributed by atoms with E-state index >= 15 is 0 Å². The zero-order chi connectivity index (χ0) is 21.3. The molecule has 0 aliphatic heterocycles. The van der Waals surface area contributed by atoms with Gasteiger partial charge in [0.25, 0.3) is 5.91 Å². The number of para-hydroxylation sites is 1. The molecule has 1 amide bonds. The van der Waals surface area contributed by atoms with Crippen LogP contribution in [0.5, 0.6) is 5.75 Å². The molecule has 2 aromatic carbocycles. The van der Waals surface area contributed by atoms with Crippen molar-refractivity contribution < 1.29 is 18.4 Å². The number of carbonyl (C=O) groups excluding carboxylic acids is 1. The number of nitrogens with one attached hydrogen (secondary N) is 1. The van der Waals surface area contributed by atoms with Crippen LogP contribution in [0.15, 0.2) is 68.4 Å². The van der Waals surface area contributed by atoms with Crippen LogP contribution in [0.25, 0.3) is 22.5 Å². The SMILES string of the molecule is Cc1cc2oc(-c3ccco3)c(OCC(=O)Nc3ccccc3Cl)c(=O)c2cc1C. The molecule has 0 radical (unpaired) electrons. The Morgan fingerprint density at radius 2 is 1.87 bits per heavy atom. The summed E-state index contributed by atoms with van der Waals surface area (Å²) in [6.07, 6.45) is 1.47. The Kier molecular flexibility index (Phi) is 5.33. The number of ether oxygens (including phenoxy) is 1. The summed E-state index contributed by atoms with van der Waals surface area (Å²) in [6, 6.07) is 13.7. The van der Waals surface area contributed by atoms with Gasteiger partial charge in [-0.3, -0.25) is 9.59 Å². The quantitative estimate of drug-likeness (QED) is 0.468. The van der Waals surface area contributed by atoms with Crippen molar-refractivity contribution in [1.29, 1.82) is 0 Å². The maximum Gasteiger partial charge on any atom is 0.262 e. The van der Waals surface area contributed by atoms with E-state index in [0.29, 0.717) is 27.4 Å². The van der Waals surface area contributed by atoms with Crippen LogP contribution in [0.2, 0.25) is 5.02 Å². The van der Waals surface area contributed by atoms with E-state index in [1.54, 1.807) is 48.5 Å². The number of benzene rings is 2. The van der Waals surface area contributed by atoms with E-state index in [0.717, 1.165) is 11.1 Å². The molecule has 2 heterocycles. The summed E-state index contributed by atoms with van der Waals surface area (Å²) in [5.41, 5.74) is 2.43. The molecule has 4 rings (SSSR count). The molecule has 0 saturated heterocycles. The number of aryl methyl sites for hydroxylation is 2. The molecule has 0 unspecified atom stereocenters. The number of hydrogen-bond donors (Lipinski definition) is 1. The third-order valence-corrected chi connectivity index (χ3v) is 5.04. The van der Waals surface area contributed by atoms with Crippen molar-refractivity contribution in [3.8, 4) is 17.3 Å². The Morgan fingerprint density at radius 3 is 2.60 bits per heavy atom. The van der Waals surface area contributed by atoms with Gasteiger partial charge in [0.15, 0.2) is 12.4 Å². The number of halogens is 1. The third kappa shape index (κ3) is 3.82. The van der Waals surface area contributed by atoms with Crippen LogP contribution in [0, 0.1) is 13.8 Å². The Hall–Kier alpha value is -3.51. The third-order valence-electron chi connectivity index (χ3n) is 4.71. The van der Waals surface area contributed by atoms with E-state index in [1.165, 1.54) is 6.26 Å². The molecule has 30 heavy (non-hydrogen) atoms. The van der Waals surface area contributed by atoms with E-state index in [-0.39, 0.29) is 16.9 Å². The average Bonchev–Trinajstić information content (AvgIpc) is 3.25. The van der Waals surface area contributed by atoms with E-state index < -0.39 is 12.5 Å². The predicted molar refractivity (Wildman–Crippen MR) is 115 cm³/mol. The first kappa shape index (κ1) is 19.8. The second-order valence-electron chi connectivity index (χ2n) is 6.82. The van der Waals surface area contributed by atoms with Gasteiger partial charge in [-0.2, -0.15) is 0 Å². The van der Waals surface area contributed by atoms with Crippen LogP contribution in [0.4, 0.5) is 5.69 Å². The molecular formula is C23H18ClNO5. The number of furan rings is 1. The molecule has 2 aromatic heterocycles. The average molecular weight is 424 g/mol. The maximum absolute atomic E-state index is 13.2. The molecule has 0 aliphatic carbocycles. The van der Waals surface area contributed by atoms with Crippen molar-refractivity contribution in [3.63, 3.8) is 0 Å². The van der Waals surface area contributed by atoms with Gasteiger partial charge in [0.05, 0.1) is 22.4 Å². The molecule has 152 valence electrons. The molecule has 0 atom stereocenters. The van der Waals surface area contributed by atoms with Crippen LogP contribution in [-0.4, -0.2) is 12.5 Å². The minimum Gasteiger partial charge on any atom is -0.476 e. The smallest absolute Gasteiger partial charge is 0.262 e. The predicted octanol–water partition coefficient (Wildman–Crippen LogP) is 5.34. The summed E-state index contributed by atoms with van der Waals surface area (Å²) in [6.45, 7) is 3.44. The van der Waals surface area contributed by atoms with Gasteiger partial charge < -0.3 is 18.9 Å². The standard InChI is InChI=1S/C23H18ClNO5/c1-13-10-15-19(11-14(13)2)30-22(18-8-5-9-28-18)23(21(15)27)29-12-20(26)25-17-7-4-3-6-16(17)24/h3-11H,12H2,1-2H3,(H,25,26). The summed E-state index contributed by atoms with van der Waals surface area (Å²) in [4.78, 5) is 25.5. The second kappa shape index (κ2) is 8.08. The number of carbonyl (C=O) groups is 1. The van der Waals surface area contributed by atoms with Crippen LogP contribution in [0.1, 0.15) is 11.1 Å². The first-order chi connectivity index (χ1) is 14.4.